The summed E-state index contributed by atoms with van der Waals surface area (Å²) >= 11 is 0. The van der Waals surface area contributed by atoms with E-state index in [4.69, 9.17) is 9.47 Å². The molecule has 0 saturated carbocycles. The van der Waals surface area contributed by atoms with Crippen LogP contribution in [0, 0.1) is 5.92 Å². The Bertz CT molecular complexity index is 1310. The lowest BCUT2D eigenvalue weighted by Crippen LogP contribution is -2.44. The summed E-state index contributed by atoms with van der Waals surface area (Å²) in [6.45, 7) is 1.64. The number of ether oxygens (including phenoxy) is 2. The van der Waals surface area contributed by atoms with Crippen LogP contribution in [-0.4, -0.2) is 83.6 Å². The molecule has 10 nitrogen and oxygen atoms in total. The van der Waals surface area contributed by atoms with Gasteiger partial charge >= 0.3 is 0 Å². The predicted octanol–water partition coefficient (Wildman–Crippen LogP) is 2.33. The molecule has 2 aliphatic heterocycles. The number of methoxy groups -OCH3 is 1. The van der Waals surface area contributed by atoms with Crippen LogP contribution in [0.3, 0.4) is 0 Å². The highest BCUT2D eigenvalue weighted by Gasteiger charge is 2.33. The Hall–Kier alpha value is -2.51. The molecule has 0 spiro atoms. The standard InChI is InChI=1S/C26H35N3O7S2/c1-35-25-12-11-23(38(33,34)28-14-16-36-17-15-28)19-24(25)27-26(30)22-10-5-13-29(20-22)37(31,32)18-6-9-21-7-3-2-4-8-21/h2-4,7-8,11-12,19,22H,5-6,9-10,13-18,20H2,1H3,(H,27,30)/t22-/m1/s1. The van der Waals surface area contributed by atoms with Gasteiger partial charge in [0.25, 0.3) is 0 Å². The SMILES string of the molecule is COc1ccc(S(=O)(=O)N2CCOCC2)cc1NC(=O)[C@@H]1CCCN(S(=O)(=O)CCCc2ccccc2)C1. The molecule has 0 unspecified atom stereocenters. The van der Waals surface area contributed by atoms with Gasteiger partial charge in [-0.1, -0.05) is 30.3 Å². The van der Waals surface area contributed by atoms with Gasteiger partial charge in [0.05, 0.1) is 42.6 Å². The first kappa shape index (κ1) is 28.5. The van der Waals surface area contributed by atoms with E-state index >= 15 is 0 Å². The topological polar surface area (TPSA) is 122 Å². The predicted molar refractivity (Wildman–Crippen MR) is 144 cm³/mol. The summed E-state index contributed by atoms with van der Waals surface area (Å²) in [6, 6.07) is 14.1. The first-order chi connectivity index (χ1) is 18.2. The van der Waals surface area contributed by atoms with E-state index in [0.29, 0.717) is 51.2 Å². The summed E-state index contributed by atoms with van der Waals surface area (Å²) in [5.41, 5.74) is 1.32. The van der Waals surface area contributed by atoms with Crippen LogP contribution in [0.25, 0.3) is 0 Å². The number of benzene rings is 2. The molecule has 208 valence electrons. The summed E-state index contributed by atoms with van der Waals surface area (Å²) in [6.07, 6.45) is 2.27. The lowest BCUT2D eigenvalue weighted by atomic mass is 9.98. The van der Waals surface area contributed by atoms with Crippen LogP contribution in [0.2, 0.25) is 0 Å². The van der Waals surface area contributed by atoms with Crippen molar-refractivity contribution in [1.82, 2.24) is 8.61 Å². The number of hydrogen-bond acceptors (Lipinski definition) is 7. The Labute approximate surface area is 225 Å². The number of amides is 1. The number of hydrogen-bond donors (Lipinski definition) is 1. The van der Waals surface area contributed by atoms with Gasteiger partial charge in [-0.25, -0.2) is 21.1 Å². The second-order valence-electron chi connectivity index (χ2n) is 9.47. The van der Waals surface area contributed by atoms with Crippen molar-refractivity contribution < 1.29 is 31.1 Å². The van der Waals surface area contributed by atoms with Crippen molar-refractivity contribution in [3.63, 3.8) is 0 Å². The Kier molecular flexibility index (Phi) is 9.42. The van der Waals surface area contributed by atoms with E-state index in [-0.39, 0.29) is 41.9 Å². The number of morpholine rings is 1. The van der Waals surface area contributed by atoms with Crippen LogP contribution in [0.4, 0.5) is 5.69 Å². The number of anilines is 1. The summed E-state index contributed by atoms with van der Waals surface area (Å²) in [5.74, 6) is -0.586. The Balaban J connectivity index is 1.41. The van der Waals surface area contributed by atoms with E-state index in [1.165, 1.54) is 33.9 Å². The molecule has 4 rings (SSSR count). The minimum Gasteiger partial charge on any atom is -0.495 e. The molecule has 2 fully saturated rings. The molecule has 1 amide bonds. The van der Waals surface area contributed by atoms with Gasteiger partial charge in [0, 0.05) is 26.2 Å². The first-order valence-corrected chi connectivity index (χ1v) is 15.8. The van der Waals surface area contributed by atoms with Crippen LogP contribution in [0.5, 0.6) is 5.75 Å². The van der Waals surface area contributed by atoms with Gasteiger partial charge in [-0.2, -0.15) is 4.31 Å². The first-order valence-electron chi connectivity index (χ1n) is 12.8. The molecular weight excluding hydrogens is 530 g/mol. The molecule has 2 aliphatic rings. The second kappa shape index (κ2) is 12.6. The van der Waals surface area contributed by atoms with Gasteiger partial charge in [0.1, 0.15) is 5.75 Å². The zero-order chi connectivity index (χ0) is 27.2. The highest BCUT2D eigenvalue weighted by molar-refractivity contribution is 7.89. The molecule has 2 saturated heterocycles. The van der Waals surface area contributed by atoms with Gasteiger partial charge in [0.15, 0.2) is 0 Å². The van der Waals surface area contributed by atoms with Gasteiger partial charge < -0.3 is 14.8 Å². The number of piperidine rings is 1. The van der Waals surface area contributed by atoms with E-state index in [1.54, 1.807) is 0 Å². The molecular formula is C26H35N3O7S2. The second-order valence-corrected chi connectivity index (χ2v) is 13.5. The molecule has 12 heteroatoms. The minimum absolute atomic E-state index is 0.0193. The van der Waals surface area contributed by atoms with Gasteiger partial charge in [-0.05, 0) is 49.4 Å². The number of nitrogens with zero attached hydrogens (tertiary/aromatic N) is 2. The van der Waals surface area contributed by atoms with Crippen molar-refractivity contribution in [2.24, 2.45) is 5.92 Å². The Morgan fingerprint density at radius 2 is 1.76 bits per heavy atom. The van der Waals surface area contributed by atoms with Crippen LogP contribution in [0.15, 0.2) is 53.4 Å². The third kappa shape index (κ3) is 6.92. The molecule has 0 radical (unpaired) electrons. The van der Waals surface area contributed by atoms with Crippen molar-refractivity contribution in [3.8, 4) is 5.75 Å². The molecule has 38 heavy (non-hydrogen) atoms. The van der Waals surface area contributed by atoms with E-state index in [1.807, 2.05) is 30.3 Å². The van der Waals surface area contributed by atoms with Crippen LogP contribution >= 0.6 is 0 Å². The Morgan fingerprint density at radius 1 is 1.03 bits per heavy atom. The number of aryl methyl sites for hydroxylation is 1. The lowest BCUT2D eigenvalue weighted by Gasteiger charge is -2.31. The molecule has 0 bridgehead atoms. The largest absolute Gasteiger partial charge is 0.495 e. The smallest absolute Gasteiger partial charge is 0.243 e. The molecule has 1 atom stereocenters. The number of carbonyl (C=O) groups excluding carboxylic acids is 1. The van der Waals surface area contributed by atoms with Crippen molar-refractivity contribution in [2.45, 2.75) is 30.6 Å². The summed E-state index contributed by atoms with van der Waals surface area (Å²) in [5, 5.41) is 2.79. The van der Waals surface area contributed by atoms with Gasteiger partial charge in [-0.3, -0.25) is 4.79 Å². The third-order valence-electron chi connectivity index (χ3n) is 6.90. The molecule has 1 N–H and O–H groups in total. The highest BCUT2D eigenvalue weighted by atomic mass is 32.2. The monoisotopic (exact) mass is 565 g/mol. The van der Waals surface area contributed by atoms with Crippen molar-refractivity contribution >= 4 is 31.6 Å². The number of nitrogens with one attached hydrogen (secondary N) is 1. The molecule has 0 aliphatic carbocycles. The van der Waals surface area contributed by atoms with Crippen molar-refractivity contribution in [2.75, 3.05) is 57.6 Å². The van der Waals surface area contributed by atoms with Crippen LogP contribution in [-0.2, 0) is 36.0 Å². The Morgan fingerprint density at radius 3 is 2.47 bits per heavy atom. The molecule has 0 aromatic heterocycles. The van der Waals surface area contributed by atoms with Crippen molar-refractivity contribution in [3.05, 3.63) is 54.1 Å². The fourth-order valence-corrected chi connectivity index (χ4v) is 7.77. The van der Waals surface area contributed by atoms with E-state index in [9.17, 15) is 21.6 Å². The van der Waals surface area contributed by atoms with E-state index in [2.05, 4.69) is 5.32 Å². The summed E-state index contributed by atoms with van der Waals surface area (Å²) < 4.78 is 65.6. The maximum atomic E-state index is 13.2. The highest BCUT2D eigenvalue weighted by Crippen LogP contribution is 2.31. The van der Waals surface area contributed by atoms with Gasteiger partial charge in [0.2, 0.25) is 26.0 Å². The fraction of sp³-hybridized carbons (Fsp3) is 0.500. The fourth-order valence-electron chi connectivity index (χ4n) is 4.76. The van der Waals surface area contributed by atoms with E-state index in [0.717, 1.165) is 5.56 Å². The zero-order valence-electron chi connectivity index (χ0n) is 21.5. The normalized spacial score (nSPS) is 19.7. The number of sulfonamides is 2. The maximum Gasteiger partial charge on any atom is 0.243 e. The average molecular weight is 566 g/mol. The zero-order valence-corrected chi connectivity index (χ0v) is 23.2. The maximum absolute atomic E-state index is 13.2. The number of carbonyl (C=O) groups is 1. The van der Waals surface area contributed by atoms with Gasteiger partial charge in [-0.15, -0.1) is 0 Å². The minimum atomic E-state index is -3.77. The van der Waals surface area contributed by atoms with E-state index < -0.39 is 26.0 Å². The van der Waals surface area contributed by atoms with Crippen LogP contribution < -0.4 is 10.1 Å². The molecule has 2 aromatic carbocycles. The number of rotatable bonds is 10. The van der Waals surface area contributed by atoms with Crippen LogP contribution in [0.1, 0.15) is 24.8 Å². The quantitative estimate of drug-likeness (QED) is 0.469. The summed E-state index contributed by atoms with van der Waals surface area (Å²) in [7, 11) is -5.84. The summed E-state index contributed by atoms with van der Waals surface area (Å²) in [4.78, 5) is 13.2. The lowest BCUT2D eigenvalue weighted by molar-refractivity contribution is -0.120. The molecule has 2 heterocycles. The average Bonchev–Trinajstić information content (AvgIpc) is 2.94. The third-order valence-corrected chi connectivity index (χ3v) is 10.7. The van der Waals surface area contributed by atoms with Crippen molar-refractivity contribution in [1.29, 1.82) is 0 Å². The molecule has 2 aromatic rings.